The van der Waals surface area contributed by atoms with Crippen LogP contribution in [0, 0.1) is 5.41 Å². The summed E-state index contributed by atoms with van der Waals surface area (Å²) in [6, 6.07) is 0.0932. The third kappa shape index (κ3) is 3.60. The minimum absolute atomic E-state index is 0.0932. The first-order valence-corrected chi connectivity index (χ1v) is 6.93. The highest BCUT2D eigenvalue weighted by Gasteiger charge is 2.26. The van der Waals surface area contributed by atoms with Crippen LogP contribution in [0.1, 0.15) is 39.0 Å². The van der Waals surface area contributed by atoms with Crippen LogP contribution in [0.3, 0.4) is 0 Å². The standard InChI is InChI=1S/C13H25N3O/c1-13(5-3-2-4-6-13)11-14-7-9-16-10-8-15-12(16)17/h14H,2-11H2,1H3,(H,15,17). The van der Waals surface area contributed by atoms with Gasteiger partial charge in [0.15, 0.2) is 0 Å². The lowest BCUT2D eigenvalue weighted by molar-refractivity contribution is 0.201. The number of amides is 2. The number of urea groups is 1. The fraction of sp³-hybridized carbons (Fsp3) is 0.923. The molecule has 4 heteroatoms. The fourth-order valence-corrected chi connectivity index (χ4v) is 2.91. The van der Waals surface area contributed by atoms with E-state index in [1.165, 1.54) is 32.1 Å². The van der Waals surface area contributed by atoms with Crippen LogP contribution in [0.25, 0.3) is 0 Å². The van der Waals surface area contributed by atoms with E-state index < -0.39 is 0 Å². The van der Waals surface area contributed by atoms with Crippen molar-refractivity contribution in [1.82, 2.24) is 15.5 Å². The molecule has 0 aromatic heterocycles. The van der Waals surface area contributed by atoms with Gasteiger partial charge in [-0.25, -0.2) is 4.79 Å². The zero-order valence-electron chi connectivity index (χ0n) is 10.9. The second-order valence-corrected chi connectivity index (χ2v) is 5.77. The molecule has 4 nitrogen and oxygen atoms in total. The minimum Gasteiger partial charge on any atom is -0.336 e. The maximum absolute atomic E-state index is 11.3. The molecule has 1 saturated carbocycles. The van der Waals surface area contributed by atoms with E-state index in [1.54, 1.807) is 0 Å². The molecule has 0 unspecified atom stereocenters. The summed E-state index contributed by atoms with van der Waals surface area (Å²) < 4.78 is 0. The smallest absolute Gasteiger partial charge is 0.317 e. The number of carbonyl (C=O) groups excluding carboxylic acids is 1. The summed E-state index contributed by atoms with van der Waals surface area (Å²) in [4.78, 5) is 13.2. The van der Waals surface area contributed by atoms with Crippen molar-refractivity contribution in [3.8, 4) is 0 Å². The third-order valence-corrected chi connectivity index (χ3v) is 4.12. The lowest BCUT2D eigenvalue weighted by atomic mass is 9.76. The highest BCUT2D eigenvalue weighted by molar-refractivity contribution is 5.76. The van der Waals surface area contributed by atoms with Gasteiger partial charge >= 0.3 is 6.03 Å². The molecule has 2 amide bonds. The van der Waals surface area contributed by atoms with Crippen LogP contribution >= 0.6 is 0 Å². The van der Waals surface area contributed by atoms with Gasteiger partial charge in [-0.15, -0.1) is 0 Å². The Morgan fingerprint density at radius 1 is 1.35 bits per heavy atom. The number of hydrogen-bond donors (Lipinski definition) is 2. The highest BCUT2D eigenvalue weighted by Crippen LogP contribution is 2.34. The summed E-state index contributed by atoms with van der Waals surface area (Å²) >= 11 is 0. The van der Waals surface area contributed by atoms with Crippen LogP contribution in [0.2, 0.25) is 0 Å². The minimum atomic E-state index is 0.0932. The van der Waals surface area contributed by atoms with Crippen molar-refractivity contribution in [1.29, 1.82) is 0 Å². The van der Waals surface area contributed by atoms with Crippen molar-refractivity contribution in [3.63, 3.8) is 0 Å². The second kappa shape index (κ2) is 5.71. The molecule has 0 aromatic carbocycles. The first kappa shape index (κ1) is 12.7. The van der Waals surface area contributed by atoms with Crippen LogP contribution < -0.4 is 10.6 Å². The maximum atomic E-state index is 11.3. The van der Waals surface area contributed by atoms with E-state index in [-0.39, 0.29) is 6.03 Å². The molecule has 0 aromatic rings. The molecule has 98 valence electrons. The van der Waals surface area contributed by atoms with E-state index in [2.05, 4.69) is 17.6 Å². The van der Waals surface area contributed by atoms with Gasteiger partial charge in [0.25, 0.3) is 0 Å². The van der Waals surface area contributed by atoms with Crippen LogP contribution in [-0.2, 0) is 0 Å². The lowest BCUT2D eigenvalue weighted by Crippen LogP contribution is -2.39. The summed E-state index contributed by atoms with van der Waals surface area (Å²) in [5.41, 5.74) is 0.492. The molecule has 1 aliphatic heterocycles. The first-order valence-electron chi connectivity index (χ1n) is 6.93. The van der Waals surface area contributed by atoms with Crippen LogP contribution in [0.15, 0.2) is 0 Å². The largest absolute Gasteiger partial charge is 0.336 e. The first-order chi connectivity index (χ1) is 8.20. The van der Waals surface area contributed by atoms with Gasteiger partial charge in [0.2, 0.25) is 0 Å². The molecule has 1 saturated heterocycles. The molecule has 1 aliphatic carbocycles. The number of nitrogens with one attached hydrogen (secondary N) is 2. The van der Waals surface area contributed by atoms with Gasteiger partial charge in [-0.1, -0.05) is 26.2 Å². The van der Waals surface area contributed by atoms with E-state index in [9.17, 15) is 4.79 Å². The molecule has 2 aliphatic rings. The molecule has 1 heterocycles. The monoisotopic (exact) mass is 239 g/mol. The van der Waals surface area contributed by atoms with Gasteiger partial charge in [-0.2, -0.15) is 0 Å². The van der Waals surface area contributed by atoms with Crippen molar-refractivity contribution < 1.29 is 4.79 Å². The van der Waals surface area contributed by atoms with Crippen molar-refractivity contribution in [2.24, 2.45) is 5.41 Å². The summed E-state index contributed by atoms with van der Waals surface area (Å²) in [6.07, 6.45) is 6.87. The topological polar surface area (TPSA) is 44.4 Å². The van der Waals surface area contributed by atoms with Crippen LogP contribution in [-0.4, -0.2) is 43.7 Å². The fourth-order valence-electron chi connectivity index (χ4n) is 2.91. The summed E-state index contributed by atoms with van der Waals surface area (Å²) in [5.74, 6) is 0. The quantitative estimate of drug-likeness (QED) is 0.715. The van der Waals surface area contributed by atoms with Gasteiger partial charge < -0.3 is 15.5 Å². The molecule has 2 fully saturated rings. The zero-order valence-corrected chi connectivity index (χ0v) is 10.9. The Labute approximate surface area is 104 Å². The Balaban J connectivity index is 1.60. The average Bonchev–Trinajstić information content (AvgIpc) is 2.72. The maximum Gasteiger partial charge on any atom is 0.317 e. The van der Waals surface area contributed by atoms with E-state index >= 15 is 0 Å². The van der Waals surface area contributed by atoms with E-state index in [4.69, 9.17) is 0 Å². The van der Waals surface area contributed by atoms with Gasteiger partial charge in [-0.05, 0) is 18.3 Å². The Morgan fingerprint density at radius 2 is 2.12 bits per heavy atom. The number of hydrogen-bond acceptors (Lipinski definition) is 2. The number of carbonyl (C=O) groups is 1. The predicted octanol–water partition coefficient (Wildman–Crippen LogP) is 1.57. The van der Waals surface area contributed by atoms with Crippen LogP contribution in [0.4, 0.5) is 4.79 Å². The summed E-state index contributed by atoms with van der Waals surface area (Å²) in [6.45, 7) is 6.91. The van der Waals surface area contributed by atoms with Crippen molar-refractivity contribution >= 4 is 6.03 Å². The molecule has 17 heavy (non-hydrogen) atoms. The molecular weight excluding hydrogens is 214 g/mol. The number of nitrogens with zero attached hydrogens (tertiary/aromatic N) is 1. The van der Waals surface area contributed by atoms with Gasteiger partial charge in [0.1, 0.15) is 0 Å². The summed E-state index contributed by atoms with van der Waals surface area (Å²) in [7, 11) is 0. The third-order valence-electron chi connectivity index (χ3n) is 4.12. The number of rotatable bonds is 5. The zero-order chi connectivity index (χ0) is 12.1. The van der Waals surface area contributed by atoms with Crippen LogP contribution in [0.5, 0.6) is 0 Å². The molecule has 2 N–H and O–H groups in total. The lowest BCUT2D eigenvalue weighted by Gasteiger charge is -2.34. The van der Waals surface area contributed by atoms with Gasteiger partial charge in [0.05, 0.1) is 0 Å². The molecule has 0 bridgehead atoms. The Hall–Kier alpha value is -0.770. The van der Waals surface area contributed by atoms with E-state index in [1.807, 2.05) is 4.90 Å². The van der Waals surface area contributed by atoms with Crippen molar-refractivity contribution in [3.05, 3.63) is 0 Å². The molecule has 0 spiro atoms. The molecular formula is C13H25N3O. The Morgan fingerprint density at radius 3 is 2.76 bits per heavy atom. The second-order valence-electron chi connectivity index (χ2n) is 5.77. The van der Waals surface area contributed by atoms with Crippen molar-refractivity contribution in [2.45, 2.75) is 39.0 Å². The van der Waals surface area contributed by atoms with E-state index in [0.717, 1.165) is 32.7 Å². The van der Waals surface area contributed by atoms with Crippen molar-refractivity contribution in [2.75, 3.05) is 32.7 Å². The Bertz CT molecular complexity index is 261. The van der Waals surface area contributed by atoms with Gasteiger partial charge in [-0.3, -0.25) is 0 Å². The normalized spacial score (nSPS) is 23.8. The average molecular weight is 239 g/mol. The molecule has 0 radical (unpaired) electrons. The Kier molecular flexibility index (Phi) is 4.26. The molecule has 2 rings (SSSR count). The highest BCUT2D eigenvalue weighted by atomic mass is 16.2. The predicted molar refractivity (Wildman–Crippen MR) is 69.0 cm³/mol. The summed E-state index contributed by atoms with van der Waals surface area (Å²) in [5, 5.41) is 6.35. The molecule has 0 atom stereocenters. The van der Waals surface area contributed by atoms with E-state index in [0.29, 0.717) is 5.41 Å². The SMILES string of the molecule is CC1(CNCCN2CCNC2=O)CCCCC1. The van der Waals surface area contributed by atoms with Gasteiger partial charge in [0, 0.05) is 32.7 Å².